The molecule has 0 spiro atoms. The zero-order valence-electron chi connectivity index (χ0n) is 19.2. The molecule has 0 aromatic heterocycles. The van der Waals surface area contributed by atoms with Gasteiger partial charge < -0.3 is 5.73 Å². The summed E-state index contributed by atoms with van der Waals surface area (Å²) in [4.78, 5) is 35.9. The van der Waals surface area contributed by atoms with Crippen molar-refractivity contribution in [1.29, 1.82) is 0 Å². The van der Waals surface area contributed by atoms with Crippen LogP contribution in [0.5, 0.6) is 0 Å². The summed E-state index contributed by atoms with van der Waals surface area (Å²) in [6, 6.07) is 5.15. The van der Waals surface area contributed by atoms with E-state index in [0.717, 1.165) is 29.6 Å². The highest BCUT2D eigenvalue weighted by Crippen LogP contribution is 2.63. The molecule has 0 saturated heterocycles. The summed E-state index contributed by atoms with van der Waals surface area (Å²) >= 11 is 0. The van der Waals surface area contributed by atoms with Crippen LogP contribution in [0.25, 0.3) is 0 Å². The van der Waals surface area contributed by atoms with Gasteiger partial charge in [-0.25, -0.2) is 8.42 Å². The number of nitrogens with zero attached hydrogens (tertiary/aromatic N) is 2. The van der Waals surface area contributed by atoms with Gasteiger partial charge in [0.2, 0.25) is 5.91 Å². The van der Waals surface area contributed by atoms with Crippen LogP contribution in [0.15, 0.2) is 29.2 Å². The van der Waals surface area contributed by atoms with E-state index < -0.39 is 36.5 Å². The SMILES string of the molecule is CN(C(C)(C)C(=O)CC1C2CC3CC1CC(C(N)=O)(C3)C2)S(=O)(=O)c1ccccc1[N+](=O)[O-]. The Balaban J connectivity index is 1.55. The lowest BCUT2D eigenvalue weighted by Crippen LogP contribution is -2.57. The molecule has 1 aromatic carbocycles. The van der Waals surface area contributed by atoms with Gasteiger partial charge in [0.05, 0.1) is 10.5 Å². The molecule has 5 rings (SSSR count). The number of carbonyl (C=O) groups is 2. The van der Waals surface area contributed by atoms with Crippen LogP contribution in [0.2, 0.25) is 0 Å². The second kappa shape index (κ2) is 7.87. The normalized spacial score (nSPS) is 31.0. The maximum absolute atomic E-state index is 13.5. The Labute approximate surface area is 193 Å². The highest BCUT2D eigenvalue weighted by molar-refractivity contribution is 7.89. The number of nitrogens with two attached hydrogens (primary N) is 1. The molecule has 0 heterocycles. The number of likely N-dealkylation sites (N-methyl/N-ethyl adjacent to an activating group) is 1. The Morgan fingerprint density at radius 1 is 1.18 bits per heavy atom. The van der Waals surface area contributed by atoms with Crippen LogP contribution < -0.4 is 5.73 Å². The van der Waals surface area contributed by atoms with Crippen LogP contribution >= 0.6 is 0 Å². The van der Waals surface area contributed by atoms with Crippen molar-refractivity contribution in [2.24, 2.45) is 34.8 Å². The van der Waals surface area contributed by atoms with E-state index in [1.54, 1.807) is 13.8 Å². The number of rotatable bonds is 8. The number of hydrogen-bond acceptors (Lipinski definition) is 6. The number of ketones is 1. The predicted octanol–water partition coefficient (Wildman–Crippen LogP) is 2.88. The number of nitro groups is 1. The average molecular weight is 478 g/mol. The first-order valence-corrected chi connectivity index (χ1v) is 12.8. The summed E-state index contributed by atoms with van der Waals surface area (Å²) in [6.07, 6.45) is 4.44. The first-order chi connectivity index (χ1) is 15.3. The third-order valence-electron chi connectivity index (χ3n) is 8.58. The monoisotopic (exact) mass is 477 g/mol. The molecule has 1 amide bonds. The van der Waals surface area contributed by atoms with Crippen LogP contribution in [0.1, 0.15) is 52.4 Å². The first-order valence-electron chi connectivity index (χ1n) is 11.4. The fourth-order valence-corrected chi connectivity index (χ4v) is 8.33. The van der Waals surface area contributed by atoms with Crippen molar-refractivity contribution in [3.63, 3.8) is 0 Å². The summed E-state index contributed by atoms with van der Waals surface area (Å²) in [6.45, 7) is 3.09. The Morgan fingerprint density at radius 3 is 2.30 bits per heavy atom. The number of sulfonamides is 1. The lowest BCUT2D eigenvalue weighted by Gasteiger charge is -2.59. The minimum atomic E-state index is -4.29. The maximum atomic E-state index is 13.5. The Kier molecular flexibility index (Phi) is 5.68. The van der Waals surface area contributed by atoms with Gasteiger partial charge >= 0.3 is 0 Å². The number of hydrogen-bond donors (Lipinski definition) is 1. The van der Waals surface area contributed by atoms with Crippen molar-refractivity contribution in [2.45, 2.75) is 62.8 Å². The molecule has 4 fully saturated rings. The third kappa shape index (κ3) is 3.77. The van der Waals surface area contributed by atoms with E-state index in [-0.39, 0.29) is 35.9 Å². The minimum absolute atomic E-state index is 0.1000. The van der Waals surface area contributed by atoms with Gasteiger partial charge in [0.25, 0.3) is 15.7 Å². The molecular weight excluding hydrogens is 446 g/mol. The highest BCUT2D eigenvalue weighted by atomic mass is 32.2. The number of nitro benzene ring substituents is 1. The zero-order valence-corrected chi connectivity index (χ0v) is 20.0. The van der Waals surface area contributed by atoms with Gasteiger partial charge in [-0.3, -0.25) is 19.7 Å². The number of para-hydroxylation sites is 1. The van der Waals surface area contributed by atoms with E-state index in [0.29, 0.717) is 18.8 Å². The fraction of sp³-hybridized carbons (Fsp3) is 0.652. The summed E-state index contributed by atoms with van der Waals surface area (Å²) in [5, 5.41) is 11.4. The summed E-state index contributed by atoms with van der Waals surface area (Å²) in [7, 11) is -3.00. The van der Waals surface area contributed by atoms with Gasteiger partial charge in [-0.15, -0.1) is 0 Å². The van der Waals surface area contributed by atoms with E-state index in [1.165, 1.54) is 25.2 Å². The molecule has 4 aliphatic rings. The second-order valence-electron chi connectivity index (χ2n) is 10.7. The largest absolute Gasteiger partial charge is 0.369 e. The maximum Gasteiger partial charge on any atom is 0.289 e. The molecule has 9 nitrogen and oxygen atoms in total. The molecule has 2 atom stereocenters. The van der Waals surface area contributed by atoms with Crippen LogP contribution in [0.4, 0.5) is 5.69 Å². The quantitative estimate of drug-likeness (QED) is 0.451. The van der Waals surface area contributed by atoms with E-state index >= 15 is 0 Å². The molecule has 2 unspecified atom stereocenters. The summed E-state index contributed by atoms with van der Waals surface area (Å²) < 4.78 is 27.5. The molecular formula is C23H31N3O6S. The number of benzene rings is 1. The molecule has 1 aromatic rings. The average Bonchev–Trinajstić information content (AvgIpc) is 2.74. The lowest BCUT2D eigenvalue weighted by molar-refractivity contribution is -0.387. The van der Waals surface area contributed by atoms with Crippen molar-refractivity contribution >= 4 is 27.4 Å². The second-order valence-corrected chi connectivity index (χ2v) is 12.6. The van der Waals surface area contributed by atoms with Crippen molar-refractivity contribution in [2.75, 3.05) is 7.05 Å². The predicted molar refractivity (Wildman–Crippen MR) is 120 cm³/mol. The van der Waals surface area contributed by atoms with Crippen LogP contribution in [0, 0.1) is 39.2 Å². The molecule has 4 saturated carbocycles. The Bertz CT molecular complexity index is 1100. The molecule has 180 valence electrons. The van der Waals surface area contributed by atoms with E-state index in [4.69, 9.17) is 5.73 Å². The van der Waals surface area contributed by atoms with Crippen LogP contribution in [-0.4, -0.2) is 41.9 Å². The Hall–Kier alpha value is -2.33. The first kappa shape index (κ1) is 23.8. The van der Waals surface area contributed by atoms with Crippen molar-refractivity contribution in [3.8, 4) is 0 Å². The highest BCUT2D eigenvalue weighted by Gasteiger charge is 2.58. The van der Waals surface area contributed by atoms with Gasteiger partial charge in [0, 0.05) is 24.9 Å². The van der Waals surface area contributed by atoms with Gasteiger partial charge in [-0.1, -0.05) is 12.1 Å². The van der Waals surface area contributed by atoms with E-state index in [1.807, 2.05) is 0 Å². The topological polar surface area (TPSA) is 141 Å². The smallest absolute Gasteiger partial charge is 0.289 e. The molecule has 10 heteroatoms. The number of carbonyl (C=O) groups excluding carboxylic acids is 2. The van der Waals surface area contributed by atoms with E-state index in [9.17, 15) is 28.1 Å². The van der Waals surface area contributed by atoms with Crippen LogP contribution in [0.3, 0.4) is 0 Å². The van der Waals surface area contributed by atoms with Gasteiger partial charge in [0.15, 0.2) is 10.7 Å². The fourth-order valence-electron chi connectivity index (χ4n) is 6.68. The molecule has 2 N–H and O–H groups in total. The summed E-state index contributed by atoms with van der Waals surface area (Å²) in [5.41, 5.74) is 3.40. The molecule has 0 aliphatic heterocycles. The molecule has 4 aliphatic carbocycles. The van der Waals surface area contributed by atoms with E-state index in [2.05, 4.69) is 0 Å². The molecule has 0 radical (unpaired) electrons. The lowest BCUT2D eigenvalue weighted by atomic mass is 9.45. The van der Waals surface area contributed by atoms with Crippen LogP contribution in [-0.2, 0) is 19.6 Å². The molecule has 4 bridgehead atoms. The summed E-state index contributed by atoms with van der Waals surface area (Å²) in [5.74, 6) is 0.584. The van der Waals surface area contributed by atoms with Gasteiger partial charge in [-0.05, 0) is 75.7 Å². The van der Waals surface area contributed by atoms with Crippen molar-refractivity contribution in [1.82, 2.24) is 4.31 Å². The number of primary amides is 1. The zero-order chi connectivity index (χ0) is 24.3. The minimum Gasteiger partial charge on any atom is -0.369 e. The van der Waals surface area contributed by atoms with Gasteiger partial charge in [-0.2, -0.15) is 4.31 Å². The van der Waals surface area contributed by atoms with Crippen molar-refractivity contribution < 1.29 is 22.9 Å². The number of Topliss-reactive ketones (excluding diaryl/α,β-unsaturated/α-hetero) is 1. The third-order valence-corrected chi connectivity index (χ3v) is 10.7. The van der Waals surface area contributed by atoms with Gasteiger partial charge in [0.1, 0.15) is 0 Å². The Morgan fingerprint density at radius 2 is 1.76 bits per heavy atom. The number of amides is 1. The van der Waals surface area contributed by atoms with Crippen molar-refractivity contribution in [3.05, 3.63) is 34.4 Å². The molecule has 33 heavy (non-hydrogen) atoms. The standard InChI is InChI=1S/C23H31N3O6S/c1-22(2,25(3)33(31,32)19-7-5-4-6-18(19)26(29)30)20(27)10-17-15-8-14-9-16(17)13-23(11-14,12-15)21(24)28/h4-7,14-17H,8-13H2,1-3H3,(H2,24,28).